The molecule has 2 nitrogen and oxygen atoms in total. The van der Waals surface area contributed by atoms with E-state index in [1.807, 2.05) is 16.5 Å². The molecule has 0 unspecified atom stereocenters. The second-order valence-electron chi connectivity index (χ2n) is 1.71. The van der Waals surface area contributed by atoms with Crippen molar-refractivity contribution in [2.24, 2.45) is 4.99 Å². The topological polar surface area (TPSA) is 15.6 Å². The Balaban J connectivity index is 2.29. The van der Waals surface area contributed by atoms with Crippen LogP contribution in [0.1, 0.15) is 0 Å². The highest BCUT2D eigenvalue weighted by Gasteiger charge is 2.13. The van der Waals surface area contributed by atoms with Gasteiger partial charge in [0.1, 0.15) is 0 Å². The second-order valence-corrected chi connectivity index (χ2v) is 2.59. The average Bonchev–Trinajstić information content (AvgIpc) is 2.33. The van der Waals surface area contributed by atoms with Crippen molar-refractivity contribution in [1.82, 2.24) is 4.90 Å². The van der Waals surface area contributed by atoms with Crippen LogP contribution in [0.2, 0.25) is 0 Å². The maximum absolute atomic E-state index is 3.97. The lowest BCUT2D eigenvalue weighted by Crippen LogP contribution is -2.21. The minimum Gasteiger partial charge on any atom is -0.322 e. The van der Waals surface area contributed by atoms with E-state index >= 15 is 0 Å². The Kier molecular flexibility index (Phi) is 1.09. The Labute approximate surface area is 58.0 Å². The molecule has 0 aliphatic carbocycles. The van der Waals surface area contributed by atoms with Crippen LogP contribution >= 0.6 is 11.8 Å². The van der Waals surface area contributed by atoms with Gasteiger partial charge in [0.2, 0.25) is 0 Å². The lowest BCUT2D eigenvalue weighted by atomic mass is 10.5. The summed E-state index contributed by atoms with van der Waals surface area (Å²) in [5.74, 6) is 0. The molecule has 0 atom stereocenters. The number of hydrogen-bond acceptors (Lipinski definition) is 3. The van der Waals surface area contributed by atoms with Gasteiger partial charge in [0, 0.05) is 12.3 Å². The van der Waals surface area contributed by atoms with Crippen molar-refractivity contribution < 1.29 is 0 Å². The van der Waals surface area contributed by atoms with Crippen LogP contribution in [0.15, 0.2) is 16.6 Å². The smallest absolute Gasteiger partial charge is 0.173 e. The molecule has 2 aliphatic rings. The minimum atomic E-state index is 0.794. The van der Waals surface area contributed by atoms with Crippen molar-refractivity contribution >= 4 is 16.9 Å². The van der Waals surface area contributed by atoms with Gasteiger partial charge in [0.05, 0.1) is 12.7 Å². The van der Waals surface area contributed by atoms with Gasteiger partial charge in [-0.2, -0.15) is 0 Å². The second kappa shape index (κ2) is 1.92. The fourth-order valence-corrected chi connectivity index (χ4v) is 1.40. The van der Waals surface area contributed by atoms with Crippen LogP contribution < -0.4 is 0 Å². The Bertz CT molecular complexity index is 205. The lowest BCUT2D eigenvalue weighted by molar-refractivity contribution is 0.620. The van der Waals surface area contributed by atoms with Gasteiger partial charge in [0.15, 0.2) is 5.17 Å². The molecule has 44 valence electrons. The molecule has 2 radical (unpaired) electrons. The van der Waals surface area contributed by atoms with Crippen molar-refractivity contribution in [2.45, 2.75) is 0 Å². The highest BCUT2D eigenvalue weighted by molar-refractivity contribution is 8.16. The van der Waals surface area contributed by atoms with E-state index < -0.39 is 0 Å². The van der Waals surface area contributed by atoms with Gasteiger partial charge >= 0.3 is 0 Å². The van der Waals surface area contributed by atoms with Crippen LogP contribution in [0.25, 0.3) is 0 Å². The van der Waals surface area contributed by atoms with Gasteiger partial charge < -0.3 is 4.90 Å². The molecule has 2 aliphatic heterocycles. The first kappa shape index (κ1) is 5.11. The van der Waals surface area contributed by atoms with E-state index in [1.54, 1.807) is 11.8 Å². The van der Waals surface area contributed by atoms with Gasteiger partial charge in [-0.15, -0.1) is 0 Å². The number of nitrogens with zero attached hydrogens (tertiary/aromatic N) is 2. The fourth-order valence-electron chi connectivity index (χ4n) is 0.715. The summed E-state index contributed by atoms with van der Waals surface area (Å²) < 4.78 is 0. The van der Waals surface area contributed by atoms with E-state index in [9.17, 15) is 0 Å². The standard InChI is InChI=1S/C6H4N2S/c1-2-7-6-8(3-1)4-5-9-6/h4-5H,3H2. The molecule has 0 aromatic rings. The Morgan fingerprint density at radius 2 is 2.78 bits per heavy atom. The number of amidine groups is 1. The monoisotopic (exact) mass is 136 g/mol. The van der Waals surface area contributed by atoms with Gasteiger partial charge in [0.25, 0.3) is 0 Å². The molecule has 2 heterocycles. The van der Waals surface area contributed by atoms with Crippen molar-refractivity contribution in [2.75, 3.05) is 6.54 Å². The Hall–Kier alpha value is -0.700. The first-order valence-corrected chi connectivity index (χ1v) is 3.50. The van der Waals surface area contributed by atoms with Gasteiger partial charge in [-0.25, -0.2) is 4.99 Å². The summed E-state index contributed by atoms with van der Waals surface area (Å²) in [6.07, 6.45) is 7.57. The third kappa shape index (κ3) is 0.772. The summed E-state index contributed by atoms with van der Waals surface area (Å²) in [6.45, 7) is 0.794. The van der Waals surface area contributed by atoms with Crippen LogP contribution in [-0.2, 0) is 0 Å². The van der Waals surface area contributed by atoms with Crippen molar-refractivity contribution in [3.8, 4) is 0 Å². The maximum Gasteiger partial charge on any atom is 0.173 e. The molecule has 3 heteroatoms. The Morgan fingerprint density at radius 1 is 1.78 bits per heavy atom. The number of aliphatic imine (C=N–C) groups is 1. The maximum atomic E-state index is 3.97. The lowest BCUT2D eigenvalue weighted by Gasteiger charge is -2.14. The van der Waals surface area contributed by atoms with Gasteiger partial charge in [-0.3, -0.25) is 0 Å². The first-order chi connectivity index (χ1) is 4.47. The number of rotatable bonds is 0. The summed E-state index contributed by atoms with van der Waals surface area (Å²) in [7, 11) is 0. The van der Waals surface area contributed by atoms with E-state index in [-0.39, 0.29) is 0 Å². The zero-order valence-corrected chi connectivity index (χ0v) is 5.48. The minimum absolute atomic E-state index is 0.794. The fraction of sp³-hybridized carbons (Fsp3) is 0.167. The van der Waals surface area contributed by atoms with Gasteiger partial charge in [-0.1, -0.05) is 11.8 Å². The summed E-state index contributed by atoms with van der Waals surface area (Å²) in [4.78, 5) is 6.00. The highest BCUT2D eigenvalue weighted by Crippen LogP contribution is 2.20. The largest absolute Gasteiger partial charge is 0.322 e. The molecular formula is C6H4N2S. The zero-order chi connectivity index (χ0) is 6.10. The molecule has 0 spiro atoms. The quantitative estimate of drug-likeness (QED) is 0.493. The zero-order valence-electron chi connectivity index (χ0n) is 4.66. The van der Waals surface area contributed by atoms with Gasteiger partial charge in [-0.05, 0) is 5.41 Å². The third-order valence-corrected chi connectivity index (χ3v) is 1.93. The molecule has 0 bridgehead atoms. The van der Waals surface area contributed by atoms with E-state index in [4.69, 9.17) is 0 Å². The van der Waals surface area contributed by atoms with E-state index in [0.29, 0.717) is 0 Å². The van der Waals surface area contributed by atoms with Crippen molar-refractivity contribution in [3.63, 3.8) is 0 Å². The number of thioether (sulfide) groups is 1. The molecule has 0 amide bonds. The summed E-state index contributed by atoms with van der Waals surface area (Å²) in [5.41, 5.74) is 0. The molecule has 9 heavy (non-hydrogen) atoms. The molecule has 0 saturated carbocycles. The van der Waals surface area contributed by atoms with Crippen LogP contribution in [0.3, 0.4) is 0 Å². The molecular weight excluding hydrogens is 132 g/mol. The normalized spacial score (nSPS) is 22.2. The van der Waals surface area contributed by atoms with Crippen LogP contribution in [0.5, 0.6) is 0 Å². The summed E-state index contributed by atoms with van der Waals surface area (Å²) in [6, 6.07) is 0. The summed E-state index contributed by atoms with van der Waals surface area (Å²) in [5, 5.41) is 3.02. The SMILES string of the molecule is [C]1=[C]N=C2SC=CN2C1. The van der Waals surface area contributed by atoms with Crippen molar-refractivity contribution in [1.29, 1.82) is 0 Å². The molecule has 0 saturated heterocycles. The third-order valence-electron chi connectivity index (χ3n) is 1.14. The highest BCUT2D eigenvalue weighted by atomic mass is 32.2. The predicted molar refractivity (Wildman–Crippen MR) is 37.4 cm³/mol. The molecule has 0 N–H and O–H groups in total. The van der Waals surface area contributed by atoms with E-state index in [1.165, 1.54) is 0 Å². The number of fused-ring (bicyclic) bond motifs is 1. The molecule has 0 fully saturated rings. The molecule has 0 aromatic heterocycles. The van der Waals surface area contributed by atoms with E-state index in [0.717, 1.165) is 11.7 Å². The van der Waals surface area contributed by atoms with Crippen LogP contribution in [0, 0.1) is 12.3 Å². The van der Waals surface area contributed by atoms with Crippen LogP contribution in [0.4, 0.5) is 0 Å². The first-order valence-electron chi connectivity index (χ1n) is 2.62. The van der Waals surface area contributed by atoms with E-state index in [2.05, 4.69) is 17.3 Å². The predicted octanol–water partition coefficient (Wildman–Crippen LogP) is 0.996. The number of hydrogen-bond donors (Lipinski definition) is 0. The van der Waals surface area contributed by atoms with Crippen molar-refractivity contribution in [3.05, 3.63) is 23.9 Å². The molecule has 0 aromatic carbocycles. The molecule has 2 rings (SSSR count). The van der Waals surface area contributed by atoms with Crippen LogP contribution in [-0.4, -0.2) is 16.6 Å². The summed E-state index contributed by atoms with van der Waals surface area (Å²) >= 11 is 1.62. The Morgan fingerprint density at radius 3 is 3.67 bits per heavy atom. The average molecular weight is 136 g/mol.